The quantitative estimate of drug-likeness (QED) is 0.833. The van der Waals surface area contributed by atoms with Crippen molar-refractivity contribution in [3.05, 3.63) is 35.1 Å². The Bertz CT molecular complexity index is 588. The van der Waals surface area contributed by atoms with E-state index in [1.165, 1.54) is 25.3 Å². The van der Waals surface area contributed by atoms with Crippen molar-refractivity contribution in [2.75, 3.05) is 7.11 Å². The summed E-state index contributed by atoms with van der Waals surface area (Å²) in [6.07, 6.45) is -0.764. The van der Waals surface area contributed by atoms with Crippen LogP contribution in [0, 0.1) is 11.7 Å². The summed E-state index contributed by atoms with van der Waals surface area (Å²) in [7, 11) is 1.23. The Labute approximate surface area is 122 Å². The number of esters is 1. The van der Waals surface area contributed by atoms with Gasteiger partial charge in [-0.1, -0.05) is 19.9 Å². The number of carbonyl (C=O) groups excluding carboxylic acids is 2. The van der Waals surface area contributed by atoms with E-state index in [9.17, 15) is 14.0 Å². The molecule has 1 aromatic rings. The van der Waals surface area contributed by atoms with Gasteiger partial charge in [0.1, 0.15) is 12.0 Å². The molecule has 1 aromatic carbocycles. The second kappa shape index (κ2) is 5.44. The van der Waals surface area contributed by atoms with E-state index >= 15 is 0 Å². The second-order valence-electron chi connectivity index (χ2n) is 5.60. The number of amides is 1. The Morgan fingerprint density at radius 1 is 1.43 bits per heavy atom. The Hall–Kier alpha value is -1.95. The van der Waals surface area contributed by atoms with E-state index in [0.29, 0.717) is 0 Å². The van der Waals surface area contributed by atoms with Gasteiger partial charge in [0, 0.05) is 5.56 Å². The van der Waals surface area contributed by atoms with Crippen LogP contribution in [0.5, 0.6) is 0 Å². The van der Waals surface area contributed by atoms with E-state index in [1.807, 2.05) is 13.8 Å². The zero-order valence-electron chi connectivity index (χ0n) is 12.5. The number of methoxy groups -OCH3 is 1. The summed E-state index contributed by atoms with van der Waals surface area (Å²) in [5.41, 5.74) is -0.620. The van der Waals surface area contributed by atoms with Crippen molar-refractivity contribution in [1.29, 1.82) is 0 Å². The van der Waals surface area contributed by atoms with Crippen molar-refractivity contribution in [3.63, 3.8) is 0 Å². The van der Waals surface area contributed by atoms with Crippen LogP contribution in [0.15, 0.2) is 18.2 Å². The zero-order valence-corrected chi connectivity index (χ0v) is 12.5. The van der Waals surface area contributed by atoms with Gasteiger partial charge in [-0.2, -0.15) is 0 Å². The molecule has 1 amide bonds. The summed E-state index contributed by atoms with van der Waals surface area (Å²) in [5, 5.41) is 5.79. The summed E-state index contributed by atoms with van der Waals surface area (Å²) in [5.74, 6) is -1.42. The predicted molar refractivity (Wildman–Crippen MR) is 75.0 cm³/mol. The van der Waals surface area contributed by atoms with Crippen LogP contribution in [0.4, 0.5) is 4.39 Å². The van der Waals surface area contributed by atoms with Crippen molar-refractivity contribution >= 4 is 11.9 Å². The molecule has 2 unspecified atom stereocenters. The van der Waals surface area contributed by atoms with E-state index in [2.05, 4.69) is 15.4 Å². The molecule has 0 saturated carbocycles. The lowest BCUT2D eigenvalue weighted by atomic mass is 9.89. The van der Waals surface area contributed by atoms with Gasteiger partial charge in [-0.15, -0.1) is 0 Å². The Kier molecular flexibility index (Phi) is 4.00. The summed E-state index contributed by atoms with van der Waals surface area (Å²) in [6, 6.07) is 4.16. The highest BCUT2D eigenvalue weighted by molar-refractivity contribution is 5.93. The van der Waals surface area contributed by atoms with Crippen LogP contribution in [0.25, 0.3) is 0 Å². The van der Waals surface area contributed by atoms with Crippen LogP contribution >= 0.6 is 0 Å². The SMILES string of the molecule is COC(=O)c1cccc(F)c1C1NC(=O)C(C)(C(C)C)N1. The maximum atomic E-state index is 14.2. The molecule has 2 rings (SSSR count). The van der Waals surface area contributed by atoms with Gasteiger partial charge in [0.25, 0.3) is 0 Å². The van der Waals surface area contributed by atoms with Crippen LogP contribution in [0.1, 0.15) is 42.9 Å². The second-order valence-corrected chi connectivity index (χ2v) is 5.60. The maximum absolute atomic E-state index is 14.2. The summed E-state index contributed by atoms with van der Waals surface area (Å²) >= 11 is 0. The molecule has 1 fully saturated rings. The molecule has 0 aliphatic carbocycles. The third-order valence-corrected chi connectivity index (χ3v) is 4.09. The monoisotopic (exact) mass is 294 g/mol. The van der Waals surface area contributed by atoms with Gasteiger partial charge >= 0.3 is 5.97 Å². The number of benzene rings is 1. The van der Waals surface area contributed by atoms with Gasteiger partial charge in [-0.05, 0) is 25.0 Å². The molecule has 1 aliphatic rings. The molecular formula is C15H19FN2O3. The average molecular weight is 294 g/mol. The molecule has 0 radical (unpaired) electrons. The third-order valence-electron chi connectivity index (χ3n) is 4.09. The molecule has 0 bridgehead atoms. The zero-order chi connectivity index (χ0) is 15.8. The lowest BCUT2D eigenvalue weighted by Gasteiger charge is -2.26. The first-order valence-electron chi connectivity index (χ1n) is 6.76. The van der Waals surface area contributed by atoms with Crippen molar-refractivity contribution in [2.24, 2.45) is 5.92 Å². The highest BCUT2D eigenvalue weighted by Gasteiger charge is 2.46. The molecule has 21 heavy (non-hydrogen) atoms. The van der Waals surface area contributed by atoms with E-state index in [4.69, 9.17) is 0 Å². The van der Waals surface area contributed by atoms with Crippen molar-refractivity contribution in [1.82, 2.24) is 10.6 Å². The number of hydrogen-bond acceptors (Lipinski definition) is 4. The van der Waals surface area contributed by atoms with E-state index in [0.717, 1.165) is 0 Å². The van der Waals surface area contributed by atoms with Gasteiger partial charge in [-0.25, -0.2) is 9.18 Å². The highest BCUT2D eigenvalue weighted by Crippen LogP contribution is 2.30. The van der Waals surface area contributed by atoms with Crippen LogP contribution in [0.2, 0.25) is 0 Å². The smallest absolute Gasteiger partial charge is 0.338 e. The van der Waals surface area contributed by atoms with Crippen LogP contribution in [0.3, 0.4) is 0 Å². The molecular weight excluding hydrogens is 275 g/mol. The molecule has 2 atom stereocenters. The van der Waals surface area contributed by atoms with Gasteiger partial charge in [-0.3, -0.25) is 10.1 Å². The molecule has 0 aromatic heterocycles. The minimum absolute atomic E-state index is 0.0100. The fraction of sp³-hybridized carbons (Fsp3) is 0.467. The Morgan fingerprint density at radius 3 is 2.62 bits per heavy atom. The molecule has 2 N–H and O–H groups in total. The molecule has 1 aliphatic heterocycles. The van der Waals surface area contributed by atoms with Crippen molar-refractivity contribution in [3.8, 4) is 0 Å². The van der Waals surface area contributed by atoms with Crippen LogP contribution < -0.4 is 10.6 Å². The Balaban J connectivity index is 2.45. The standard InChI is InChI=1S/C15H19FN2O3/c1-8(2)15(3)14(20)17-12(18-15)11-9(13(19)21-4)6-5-7-10(11)16/h5-8,12,18H,1-4H3,(H,17,20). The maximum Gasteiger partial charge on any atom is 0.338 e. The molecule has 0 spiro atoms. The fourth-order valence-corrected chi connectivity index (χ4v) is 2.37. The minimum Gasteiger partial charge on any atom is -0.465 e. The normalized spacial score (nSPS) is 25.0. The number of nitrogens with one attached hydrogen (secondary N) is 2. The lowest BCUT2D eigenvalue weighted by molar-refractivity contribution is -0.125. The van der Waals surface area contributed by atoms with Crippen LogP contribution in [-0.4, -0.2) is 24.5 Å². The largest absolute Gasteiger partial charge is 0.465 e. The number of ether oxygens (including phenoxy) is 1. The van der Waals surface area contributed by atoms with E-state index in [1.54, 1.807) is 6.92 Å². The first kappa shape index (κ1) is 15.4. The molecule has 114 valence electrons. The highest BCUT2D eigenvalue weighted by atomic mass is 19.1. The van der Waals surface area contributed by atoms with E-state index < -0.39 is 23.5 Å². The Morgan fingerprint density at radius 2 is 2.10 bits per heavy atom. The number of hydrogen-bond donors (Lipinski definition) is 2. The topological polar surface area (TPSA) is 67.4 Å². The van der Waals surface area contributed by atoms with Gasteiger partial charge in [0.05, 0.1) is 18.2 Å². The number of halogens is 1. The first-order valence-corrected chi connectivity index (χ1v) is 6.76. The molecule has 5 nitrogen and oxygen atoms in total. The van der Waals surface area contributed by atoms with E-state index in [-0.39, 0.29) is 23.0 Å². The first-order chi connectivity index (χ1) is 9.81. The van der Waals surface area contributed by atoms with Gasteiger partial charge < -0.3 is 10.1 Å². The minimum atomic E-state index is -0.819. The lowest BCUT2D eigenvalue weighted by Crippen LogP contribution is -2.48. The van der Waals surface area contributed by atoms with Gasteiger partial charge in [0.2, 0.25) is 5.91 Å². The summed E-state index contributed by atoms with van der Waals surface area (Å²) < 4.78 is 18.9. The molecule has 1 saturated heterocycles. The third kappa shape index (κ3) is 2.51. The number of rotatable bonds is 3. The van der Waals surface area contributed by atoms with Crippen molar-refractivity contribution < 1.29 is 18.7 Å². The summed E-state index contributed by atoms with van der Waals surface area (Å²) in [6.45, 7) is 5.56. The van der Waals surface area contributed by atoms with Crippen molar-refractivity contribution in [2.45, 2.75) is 32.5 Å². The average Bonchev–Trinajstić information content (AvgIpc) is 2.74. The fourth-order valence-electron chi connectivity index (χ4n) is 2.37. The number of carbonyl (C=O) groups is 2. The molecule has 1 heterocycles. The molecule has 6 heteroatoms. The van der Waals surface area contributed by atoms with Gasteiger partial charge in [0.15, 0.2) is 0 Å². The predicted octanol–water partition coefficient (Wildman–Crippen LogP) is 1.74. The summed E-state index contributed by atoms with van der Waals surface area (Å²) in [4.78, 5) is 24.0. The van der Waals surface area contributed by atoms with Crippen LogP contribution in [-0.2, 0) is 9.53 Å².